The second kappa shape index (κ2) is 4.23. The molecule has 1 amide bonds. The van der Waals surface area contributed by atoms with Crippen LogP contribution in [-0.4, -0.2) is 27.8 Å². The van der Waals surface area contributed by atoms with Crippen molar-refractivity contribution in [2.75, 3.05) is 5.32 Å². The third-order valence-electron chi connectivity index (χ3n) is 2.79. The highest BCUT2D eigenvalue weighted by atomic mass is 19.4. The van der Waals surface area contributed by atoms with Gasteiger partial charge in [-0.15, -0.1) is 0 Å². The maximum Gasteiger partial charge on any atom is 0.415 e. The van der Waals surface area contributed by atoms with Gasteiger partial charge in [0.15, 0.2) is 5.54 Å². The molecule has 1 unspecified atom stereocenters. The first kappa shape index (κ1) is 13.3. The van der Waals surface area contributed by atoms with Gasteiger partial charge in [-0.3, -0.25) is 9.89 Å². The fourth-order valence-electron chi connectivity index (χ4n) is 1.45. The summed E-state index contributed by atoms with van der Waals surface area (Å²) < 4.78 is 37.9. The molecule has 2 rings (SSSR count). The lowest BCUT2D eigenvalue weighted by Crippen LogP contribution is -2.59. The van der Waals surface area contributed by atoms with Crippen molar-refractivity contribution in [3.05, 3.63) is 24.4 Å². The quantitative estimate of drug-likeness (QED) is 0.779. The van der Waals surface area contributed by atoms with Crippen LogP contribution < -0.4 is 11.1 Å². The van der Waals surface area contributed by atoms with E-state index in [-0.39, 0.29) is 5.69 Å². The molecule has 0 bridgehead atoms. The first-order valence-electron chi connectivity index (χ1n) is 5.32. The minimum atomic E-state index is -4.83. The molecule has 19 heavy (non-hydrogen) atoms. The summed E-state index contributed by atoms with van der Waals surface area (Å²) in [4.78, 5) is 11.7. The van der Waals surface area contributed by atoms with E-state index in [0.717, 1.165) is 0 Å². The Morgan fingerprint density at radius 1 is 1.42 bits per heavy atom. The number of H-pyrrole nitrogens is 1. The van der Waals surface area contributed by atoms with Crippen molar-refractivity contribution in [3.63, 3.8) is 0 Å². The first-order valence-corrected chi connectivity index (χ1v) is 5.32. The van der Waals surface area contributed by atoms with Gasteiger partial charge in [-0.1, -0.05) is 12.1 Å². The molecule has 4 N–H and O–H groups in total. The number of nitrogens with one attached hydrogen (secondary N) is 2. The van der Waals surface area contributed by atoms with Gasteiger partial charge in [0.2, 0.25) is 0 Å². The van der Waals surface area contributed by atoms with Crippen LogP contribution in [0.3, 0.4) is 0 Å². The summed E-state index contributed by atoms with van der Waals surface area (Å²) >= 11 is 0. The Hall–Kier alpha value is -2.09. The molecule has 1 aromatic carbocycles. The molecule has 1 atom stereocenters. The Labute approximate surface area is 106 Å². The first-order chi connectivity index (χ1) is 8.73. The zero-order valence-corrected chi connectivity index (χ0v) is 9.88. The average Bonchev–Trinajstić information content (AvgIpc) is 2.76. The monoisotopic (exact) mass is 272 g/mol. The summed E-state index contributed by atoms with van der Waals surface area (Å²) in [6.07, 6.45) is -3.34. The highest BCUT2D eigenvalue weighted by Gasteiger charge is 2.54. The van der Waals surface area contributed by atoms with Crippen LogP contribution in [0.4, 0.5) is 18.9 Å². The Morgan fingerprint density at radius 2 is 2.11 bits per heavy atom. The van der Waals surface area contributed by atoms with Crippen LogP contribution in [-0.2, 0) is 4.79 Å². The Bertz CT molecular complexity index is 618. The fraction of sp³-hybridized carbons (Fsp3) is 0.273. The van der Waals surface area contributed by atoms with E-state index in [1.54, 1.807) is 12.1 Å². The van der Waals surface area contributed by atoms with Gasteiger partial charge in [-0.05, 0) is 13.0 Å². The maximum absolute atomic E-state index is 12.6. The molecule has 0 saturated carbocycles. The lowest BCUT2D eigenvalue weighted by molar-refractivity contribution is -0.184. The lowest BCUT2D eigenvalue weighted by atomic mass is 10.0. The lowest BCUT2D eigenvalue weighted by Gasteiger charge is -2.26. The van der Waals surface area contributed by atoms with Crippen molar-refractivity contribution in [1.29, 1.82) is 0 Å². The van der Waals surface area contributed by atoms with E-state index in [4.69, 9.17) is 5.73 Å². The highest BCUT2D eigenvalue weighted by Crippen LogP contribution is 2.30. The number of aromatic nitrogens is 2. The van der Waals surface area contributed by atoms with E-state index in [0.29, 0.717) is 17.8 Å². The van der Waals surface area contributed by atoms with Crippen LogP contribution in [0.1, 0.15) is 6.92 Å². The summed E-state index contributed by atoms with van der Waals surface area (Å²) in [7, 11) is 0. The number of benzene rings is 1. The van der Waals surface area contributed by atoms with Crippen LogP contribution in [0.2, 0.25) is 0 Å². The predicted molar refractivity (Wildman–Crippen MR) is 63.4 cm³/mol. The average molecular weight is 272 g/mol. The van der Waals surface area contributed by atoms with Crippen LogP contribution >= 0.6 is 0 Å². The zero-order chi connectivity index (χ0) is 14.3. The van der Waals surface area contributed by atoms with Gasteiger partial charge >= 0.3 is 6.18 Å². The molecule has 2 aromatic rings. The van der Waals surface area contributed by atoms with E-state index in [2.05, 4.69) is 15.5 Å². The number of alkyl halides is 3. The molecule has 0 aliphatic heterocycles. The van der Waals surface area contributed by atoms with Crippen molar-refractivity contribution >= 4 is 22.5 Å². The number of anilines is 1. The molecule has 1 heterocycles. The molecule has 0 aliphatic carbocycles. The smallest absolute Gasteiger partial charge is 0.322 e. The normalized spacial score (nSPS) is 15.2. The largest absolute Gasteiger partial charge is 0.415 e. The van der Waals surface area contributed by atoms with Crippen LogP contribution in [0.15, 0.2) is 24.4 Å². The van der Waals surface area contributed by atoms with Gasteiger partial charge in [0.1, 0.15) is 0 Å². The molecular weight excluding hydrogens is 261 g/mol. The minimum absolute atomic E-state index is 0.195. The van der Waals surface area contributed by atoms with Crippen LogP contribution in [0, 0.1) is 0 Å². The summed E-state index contributed by atoms with van der Waals surface area (Å²) in [6, 6.07) is 4.76. The summed E-state index contributed by atoms with van der Waals surface area (Å²) in [6.45, 7) is 0.620. The predicted octanol–water partition coefficient (Wildman–Crippen LogP) is 1.78. The van der Waals surface area contributed by atoms with E-state index in [1.807, 2.05) is 0 Å². The Balaban J connectivity index is 2.31. The summed E-state index contributed by atoms with van der Waals surface area (Å²) in [5.74, 6) is -1.33. The number of hydrogen-bond donors (Lipinski definition) is 3. The Kier molecular flexibility index (Phi) is 2.97. The topological polar surface area (TPSA) is 83.8 Å². The molecule has 1 aromatic heterocycles. The number of nitrogens with two attached hydrogens (primary N) is 1. The molecule has 8 heteroatoms. The number of fused-ring (bicyclic) bond motifs is 1. The number of carbonyl (C=O) groups excluding carboxylic acids is 1. The van der Waals surface area contributed by atoms with Crippen molar-refractivity contribution in [2.45, 2.75) is 18.6 Å². The number of halogens is 3. The van der Waals surface area contributed by atoms with E-state index < -0.39 is 17.6 Å². The summed E-state index contributed by atoms with van der Waals surface area (Å²) in [5.41, 5.74) is 2.71. The van der Waals surface area contributed by atoms with Crippen LogP contribution in [0.5, 0.6) is 0 Å². The molecule has 5 nitrogen and oxygen atoms in total. The van der Waals surface area contributed by atoms with Gasteiger partial charge in [-0.25, -0.2) is 0 Å². The fourth-order valence-corrected chi connectivity index (χ4v) is 1.45. The second-order valence-corrected chi connectivity index (χ2v) is 4.29. The SMILES string of the molecule is CC(N)(C(=O)Nc1cccc2cn[nH]c12)C(F)(F)F. The van der Waals surface area contributed by atoms with E-state index in [9.17, 15) is 18.0 Å². The number of carbonyl (C=O) groups is 1. The number of para-hydroxylation sites is 1. The van der Waals surface area contributed by atoms with Gasteiger partial charge in [0, 0.05) is 5.39 Å². The maximum atomic E-state index is 12.6. The molecule has 0 aliphatic rings. The third-order valence-corrected chi connectivity index (χ3v) is 2.79. The Morgan fingerprint density at radius 3 is 2.74 bits per heavy atom. The van der Waals surface area contributed by atoms with Gasteiger partial charge in [-0.2, -0.15) is 18.3 Å². The number of amides is 1. The molecule has 0 saturated heterocycles. The molecule has 0 radical (unpaired) electrons. The molecule has 0 fully saturated rings. The summed E-state index contributed by atoms with van der Waals surface area (Å²) in [5, 5.41) is 9.18. The van der Waals surface area contributed by atoms with Crippen molar-refractivity contribution in [1.82, 2.24) is 10.2 Å². The van der Waals surface area contributed by atoms with E-state index in [1.165, 1.54) is 12.3 Å². The van der Waals surface area contributed by atoms with Crippen molar-refractivity contribution < 1.29 is 18.0 Å². The van der Waals surface area contributed by atoms with E-state index >= 15 is 0 Å². The van der Waals surface area contributed by atoms with Gasteiger partial charge in [0.25, 0.3) is 5.91 Å². The van der Waals surface area contributed by atoms with Crippen molar-refractivity contribution in [2.24, 2.45) is 5.73 Å². The van der Waals surface area contributed by atoms with Crippen molar-refractivity contribution in [3.8, 4) is 0 Å². The molecule has 102 valence electrons. The minimum Gasteiger partial charge on any atom is -0.322 e. The van der Waals surface area contributed by atoms with Crippen LogP contribution in [0.25, 0.3) is 10.9 Å². The zero-order valence-electron chi connectivity index (χ0n) is 9.88. The number of hydrogen-bond acceptors (Lipinski definition) is 3. The standard InChI is InChI=1S/C11H11F3N4O/c1-10(15,11(12,13)14)9(19)17-7-4-2-3-6-5-16-18-8(6)7/h2-5H,15H2,1H3,(H,16,18)(H,17,19). The van der Waals surface area contributed by atoms with Gasteiger partial charge < -0.3 is 11.1 Å². The molecule has 0 spiro atoms. The van der Waals surface area contributed by atoms with Gasteiger partial charge in [0.05, 0.1) is 17.4 Å². The number of rotatable bonds is 2. The highest BCUT2D eigenvalue weighted by molar-refractivity contribution is 6.04. The number of aromatic amines is 1. The number of nitrogens with zero attached hydrogens (tertiary/aromatic N) is 1. The second-order valence-electron chi connectivity index (χ2n) is 4.29. The molecular formula is C11H11F3N4O. The third kappa shape index (κ3) is 2.26.